The summed E-state index contributed by atoms with van der Waals surface area (Å²) in [7, 11) is 0. The Kier molecular flexibility index (Phi) is 5.81. The average Bonchev–Trinajstić information content (AvgIpc) is 3.15. The van der Waals surface area contributed by atoms with Gasteiger partial charge in [-0.15, -0.1) is 0 Å². The van der Waals surface area contributed by atoms with Gasteiger partial charge in [-0.3, -0.25) is 9.69 Å². The number of amides is 3. The molecular formula is C23H22FN3O5. The molecule has 4 rings (SSSR count). The summed E-state index contributed by atoms with van der Waals surface area (Å²) >= 11 is 0. The topological polar surface area (TPSA) is 97.0 Å². The first-order valence-corrected chi connectivity index (χ1v) is 10.1. The Morgan fingerprint density at radius 1 is 1.28 bits per heavy atom. The molecule has 0 radical (unpaired) electrons. The number of rotatable bonds is 6. The standard InChI is InChI=1S/C23H22FN3O5/c1-3-31-18-7-5-4-6-15(18)21-20-17(12-32-22(20)29)27(23(30)26-21)11-19(28)25-14-9-8-13(2)16(24)10-14/h4-10,21H,3,11-12H2,1-2H3,(H,25,28)(H,26,30). The number of urea groups is 1. The van der Waals surface area contributed by atoms with Crippen LogP contribution in [0.5, 0.6) is 5.75 Å². The summed E-state index contributed by atoms with van der Waals surface area (Å²) in [6.07, 6.45) is 0. The lowest BCUT2D eigenvalue weighted by molar-refractivity contribution is -0.136. The molecule has 2 aromatic rings. The van der Waals surface area contributed by atoms with Crippen LogP contribution in [0.1, 0.15) is 24.1 Å². The van der Waals surface area contributed by atoms with Crippen LogP contribution in [0.3, 0.4) is 0 Å². The van der Waals surface area contributed by atoms with Gasteiger partial charge in [0.25, 0.3) is 0 Å². The lowest BCUT2D eigenvalue weighted by Gasteiger charge is -2.33. The van der Waals surface area contributed by atoms with E-state index >= 15 is 0 Å². The van der Waals surface area contributed by atoms with Crippen LogP contribution in [0.2, 0.25) is 0 Å². The van der Waals surface area contributed by atoms with Crippen LogP contribution in [0.25, 0.3) is 0 Å². The Morgan fingerprint density at radius 3 is 2.81 bits per heavy atom. The van der Waals surface area contributed by atoms with Gasteiger partial charge in [0.2, 0.25) is 5.91 Å². The molecule has 2 aromatic carbocycles. The minimum absolute atomic E-state index is 0.124. The molecule has 1 atom stereocenters. The minimum Gasteiger partial charge on any atom is -0.494 e. The van der Waals surface area contributed by atoms with E-state index in [0.717, 1.165) is 0 Å². The Bertz CT molecular complexity index is 1130. The molecule has 166 valence electrons. The van der Waals surface area contributed by atoms with Crippen molar-refractivity contribution in [2.24, 2.45) is 0 Å². The fourth-order valence-electron chi connectivity index (χ4n) is 3.73. The number of esters is 1. The number of hydrogen-bond acceptors (Lipinski definition) is 5. The molecule has 0 spiro atoms. The van der Waals surface area contributed by atoms with E-state index in [2.05, 4.69) is 10.6 Å². The van der Waals surface area contributed by atoms with Crippen LogP contribution in [0, 0.1) is 12.7 Å². The molecule has 8 nitrogen and oxygen atoms in total. The van der Waals surface area contributed by atoms with Crippen molar-refractivity contribution in [2.75, 3.05) is 25.1 Å². The largest absolute Gasteiger partial charge is 0.494 e. The smallest absolute Gasteiger partial charge is 0.338 e. The van der Waals surface area contributed by atoms with Crippen LogP contribution in [-0.2, 0) is 14.3 Å². The van der Waals surface area contributed by atoms with Crippen LogP contribution < -0.4 is 15.4 Å². The maximum atomic E-state index is 13.8. The van der Waals surface area contributed by atoms with E-state index in [4.69, 9.17) is 9.47 Å². The molecule has 0 aliphatic carbocycles. The summed E-state index contributed by atoms with van der Waals surface area (Å²) in [5, 5.41) is 5.35. The van der Waals surface area contributed by atoms with Crippen molar-refractivity contribution in [3.8, 4) is 5.75 Å². The number of cyclic esters (lactones) is 1. The van der Waals surface area contributed by atoms with Crippen LogP contribution in [0.4, 0.5) is 14.9 Å². The number of carbonyl (C=O) groups excluding carboxylic acids is 3. The van der Waals surface area contributed by atoms with Crippen molar-refractivity contribution >= 4 is 23.6 Å². The van der Waals surface area contributed by atoms with Gasteiger partial charge in [-0.05, 0) is 37.6 Å². The zero-order chi connectivity index (χ0) is 22.8. The normalized spacial score (nSPS) is 17.6. The van der Waals surface area contributed by atoms with E-state index in [-0.39, 0.29) is 24.4 Å². The SMILES string of the molecule is CCOc1ccccc1C1NC(=O)N(CC(=O)Nc2ccc(C)c(F)c2)C2=C1C(=O)OC2. The van der Waals surface area contributed by atoms with Gasteiger partial charge in [-0.25, -0.2) is 14.0 Å². The number of aryl methyl sites for hydroxylation is 1. The fourth-order valence-corrected chi connectivity index (χ4v) is 3.73. The zero-order valence-corrected chi connectivity index (χ0v) is 17.6. The van der Waals surface area contributed by atoms with Gasteiger partial charge in [-0.2, -0.15) is 0 Å². The molecule has 0 aromatic heterocycles. The number of benzene rings is 2. The lowest BCUT2D eigenvalue weighted by Crippen LogP contribution is -2.49. The van der Waals surface area contributed by atoms with Crippen molar-refractivity contribution in [1.29, 1.82) is 0 Å². The van der Waals surface area contributed by atoms with Crippen molar-refractivity contribution in [1.82, 2.24) is 10.2 Å². The highest BCUT2D eigenvalue weighted by Crippen LogP contribution is 2.38. The summed E-state index contributed by atoms with van der Waals surface area (Å²) in [6, 6.07) is 10.1. The average molecular weight is 439 g/mol. The van der Waals surface area contributed by atoms with E-state index in [9.17, 15) is 18.8 Å². The molecule has 0 saturated carbocycles. The summed E-state index contributed by atoms with van der Waals surface area (Å²) in [5.74, 6) is -1.02. The van der Waals surface area contributed by atoms with Gasteiger partial charge in [0.05, 0.1) is 23.9 Å². The van der Waals surface area contributed by atoms with Crippen molar-refractivity contribution in [2.45, 2.75) is 19.9 Å². The molecule has 2 aliphatic rings. The predicted molar refractivity (Wildman–Crippen MR) is 113 cm³/mol. The van der Waals surface area contributed by atoms with Gasteiger partial charge < -0.3 is 20.1 Å². The van der Waals surface area contributed by atoms with Crippen molar-refractivity contribution in [3.05, 3.63) is 70.7 Å². The van der Waals surface area contributed by atoms with Crippen LogP contribution in [-0.4, -0.2) is 42.6 Å². The first-order valence-electron chi connectivity index (χ1n) is 10.1. The van der Waals surface area contributed by atoms with E-state index in [1.165, 1.54) is 11.0 Å². The maximum absolute atomic E-state index is 13.8. The Labute approximate surface area is 184 Å². The molecule has 2 heterocycles. The second-order valence-electron chi connectivity index (χ2n) is 7.39. The number of nitrogens with one attached hydrogen (secondary N) is 2. The molecule has 1 unspecified atom stereocenters. The minimum atomic E-state index is -0.763. The van der Waals surface area contributed by atoms with Crippen LogP contribution in [0.15, 0.2) is 53.7 Å². The molecule has 0 fully saturated rings. The molecule has 32 heavy (non-hydrogen) atoms. The molecule has 2 N–H and O–H groups in total. The number of hydrogen-bond donors (Lipinski definition) is 2. The summed E-state index contributed by atoms with van der Waals surface area (Å²) in [4.78, 5) is 39.2. The summed E-state index contributed by atoms with van der Waals surface area (Å²) in [5.41, 5.74) is 1.92. The number of carbonyl (C=O) groups is 3. The van der Waals surface area contributed by atoms with Gasteiger partial charge in [0.15, 0.2) is 0 Å². The highest BCUT2D eigenvalue weighted by molar-refractivity contribution is 6.00. The third-order valence-electron chi connectivity index (χ3n) is 5.29. The number of para-hydroxylation sites is 1. The molecular weight excluding hydrogens is 417 g/mol. The van der Waals surface area contributed by atoms with Gasteiger partial charge in [-0.1, -0.05) is 24.3 Å². The number of halogens is 1. The maximum Gasteiger partial charge on any atom is 0.338 e. The summed E-state index contributed by atoms with van der Waals surface area (Å²) < 4.78 is 24.6. The quantitative estimate of drug-likeness (QED) is 0.675. The molecule has 2 aliphatic heterocycles. The molecule has 0 saturated heterocycles. The van der Waals surface area contributed by atoms with E-state index < -0.39 is 29.8 Å². The summed E-state index contributed by atoms with van der Waals surface area (Å²) in [6.45, 7) is 3.38. The second kappa shape index (κ2) is 8.70. The Balaban J connectivity index is 1.60. The molecule has 3 amide bonds. The Hall–Kier alpha value is -3.88. The first kappa shape index (κ1) is 21.4. The third kappa shape index (κ3) is 4.01. The van der Waals surface area contributed by atoms with Gasteiger partial charge >= 0.3 is 12.0 Å². The Morgan fingerprint density at radius 2 is 2.06 bits per heavy atom. The molecule has 0 bridgehead atoms. The van der Waals surface area contributed by atoms with E-state index in [0.29, 0.717) is 29.2 Å². The number of anilines is 1. The lowest BCUT2D eigenvalue weighted by atomic mass is 9.95. The third-order valence-corrected chi connectivity index (χ3v) is 5.29. The van der Waals surface area contributed by atoms with Crippen LogP contribution >= 0.6 is 0 Å². The van der Waals surface area contributed by atoms with E-state index in [1.807, 2.05) is 6.92 Å². The van der Waals surface area contributed by atoms with Gasteiger partial charge in [0.1, 0.15) is 24.7 Å². The number of nitrogens with zero attached hydrogens (tertiary/aromatic N) is 1. The molecule has 9 heteroatoms. The predicted octanol–water partition coefficient (Wildman–Crippen LogP) is 3.05. The van der Waals surface area contributed by atoms with Crippen molar-refractivity contribution < 1.29 is 28.2 Å². The number of ether oxygens (including phenoxy) is 2. The van der Waals surface area contributed by atoms with Gasteiger partial charge in [0, 0.05) is 11.3 Å². The van der Waals surface area contributed by atoms with E-state index in [1.54, 1.807) is 43.3 Å². The monoisotopic (exact) mass is 439 g/mol. The fraction of sp³-hybridized carbons (Fsp3) is 0.261. The van der Waals surface area contributed by atoms with Crippen molar-refractivity contribution in [3.63, 3.8) is 0 Å². The first-order chi connectivity index (χ1) is 15.4. The highest BCUT2D eigenvalue weighted by atomic mass is 19.1. The highest BCUT2D eigenvalue weighted by Gasteiger charge is 2.43. The zero-order valence-electron chi connectivity index (χ0n) is 17.6. The second-order valence-corrected chi connectivity index (χ2v) is 7.39.